The first-order valence-electron chi connectivity index (χ1n) is 4.17. The zero-order valence-corrected chi connectivity index (χ0v) is 7.46. The van der Waals surface area contributed by atoms with E-state index in [9.17, 15) is 0 Å². The zero-order chi connectivity index (χ0) is 9.03. The minimum absolute atomic E-state index is 0.276. The maximum absolute atomic E-state index is 5.92. The van der Waals surface area contributed by atoms with Crippen molar-refractivity contribution >= 4 is 0 Å². The monoisotopic (exact) mass is 164 g/mol. The average Bonchev–Trinajstić information content (AvgIpc) is 2.06. The van der Waals surface area contributed by atoms with Gasteiger partial charge in [0.1, 0.15) is 0 Å². The highest BCUT2D eigenvalue weighted by atomic mass is 14.8. The molecule has 0 saturated carbocycles. The highest BCUT2D eigenvalue weighted by Gasteiger charge is 2.15. The van der Waals surface area contributed by atoms with Gasteiger partial charge in [-0.1, -0.05) is 30.3 Å². The van der Waals surface area contributed by atoms with Crippen molar-refractivity contribution in [2.45, 2.75) is 18.9 Å². The van der Waals surface area contributed by atoms with Crippen molar-refractivity contribution in [3.05, 3.63) is 35.9 Å². The van der Waals surface area contributed by atoms with Gasteiger partial charge in [0.05, 0.1) is 0 Å². The fourth-order valence-corrected chi connectivity index (χ4v) is 1.13. The van der Waals surface area contributed by atoms with Crippen molar-refractivity contribution in [2.24, 2.45) is 11.5 Å². The Balaban J connectivity index is 2.64. The Bertz CT molecular complexity index is 229. The van der Waals surface area contributed by atoms with Gasteiger partial charge in [0.25, 0.3) is 0 Å². The third-order valence-electron chi connectivity index (χ3n) is 1.92. The van der Waals surface area contributed by atoms with Crippen molar-refractivity contribution < 1.29 is 0 Å². The molecule has 0 saturated heterocycles. The Kier molecular flexibility index (Phi) is 2.84. The van der Waals surface area contributed by atoms with Crippen LogP contribution in [0.3, 0.4) is 0 Å². The molecule has 0 aromatic heterocycles. The van der Waals surface area contributed by atoms with Crippen LogP contribution in [-0.2, 0) is 6.42 Å². The van der Waals surface area contributed by atoms with Gasteiger partial charge in [-0.3, -0.25) is 0 Å². The topological polar surface area (TPSA) is 52.0 Å². The van der Waals surface area contributed by atoms with Gasteiger partial charge in [0.15, 0.2) is 0 Å². The van der Waals surface area contributed by atoms with Crippen molar-refractivity contribution in [1.29, 1.82) is 0 Å². The second-order valence-corrected chi connectivity index (χ2v) is 3.52. The smallest absolute Gasteiger partial charge is 0.0290 e. The van der Waals surface area contributed by atoms with E-state index < -0.39 is 0 Å². The lowest BCUT2D eigenvalue weighted by Crippen LogP contribution is -2.45. The molecule has 66 valence electrons. The van der Waals surface area contributed by atoms with Gasteiger partial charge in [-0.25, -0.2) is 0 Å². The van der Waals surface area contributed by atoms with Crippen molar-refractivity contribution in [3.8, 4) is 0 Å². The lowest BCUT2D eigenvalue weighted by molar-refractivity contribution is 0.477. The van der Waals surface area contributed by atoms with Crippen LogP contribution < -0.4 is 11.5 Å². The number of hydrogen-bond donors (Lipinski definition) is 2. The lowest BCUT2D eigenvalue weighted by atomic mass is 9.94. The van der Waals surface area contributed by atoms with E-state index in [4.69, 9.17) is 11.5 Å². The Morgan fingerprint density at radius 1 is 1.25 bits per heavy atom. The van der Waals surface area contributed by atoms with E-state index in [2.05, 4.69) is 12.1 Å². The minimum atomic E-state index is -0.276. The molecule has 0 amide bonds. The molecule has 4 N–H and O–H groups in total. The normalized spacial score (nSPS) is 15.6. The molecule has 0 aliphatic rings. The summed E-state index contributed by atoms with van der Waals surface area (Å²) in [5.74, 6) is 0. The zero-order valence-electron chi connectivity index (χ0n) is 7.46. The molecule has 0 fully saturated rings. The summed E-state index contributed by atoms with van der Waals surface area (Å²) in [6.45, 7) is 2.49. The Hall–Kier alpha value is -0.860. The van der Waals surface area contributed by atoms with Crippen molar-refractivity contribution in [1.82, 2.24) is 0 Å². The van der Waals surface area contributed by atoms with E-state index in [0.717, 1.165) is 6.42 Å². The van der Waals surface area contributed by atoms with Crippen LogP contribution in [-0.4, -0.2) is 12.1 Å². The molecular formula is C10H16N2. The summed E-state index contributed by atoms with van der Waals surface area (Å²) in [4.78, 5) is 0. The van der Waals surface area contributed by atoms with Crippen LogP contribution in [0, 0.1) is 0 Å². The number of benzene rings is 1. The molecule has 0 spiro atoms. The Morgan fingerprint density at radius 2 is 1.83 bits per heavy atom. The predicted octanol–water partition coefficient (Wildman–Crippen LogP) is 0.905. The molecule has 0 aliphatic heterocycles. The largest absolute Gasteiger partial charge is 0.329 e. The van der Waals surface area contributed by atoms with E-state index in [0.29, 0.717) is 6.54 Å². The summed E-state index contributed by atoms with van der Waals surface area (Å²) in [6.07, 6.45) is 0.838. The van der Waals surface area contributed by atoms with Crippen LogP contribution in [0.25, 0.3) is 0 Å². The first-order valence-corrected chi connectivity index (χ1v) is 4.17. The fourth-order valence-electron chi connectivity index (χ4n) is 1.13. The van der Waals surface area contributed by atoms with Gasteiger partial charge in [0, 0.05) is 12.1 Å². The van der Waals surface area contributed by atoms with E-state index in [1.807, 2.05) is 25.1 Å². The predicted molar refractivity (Wildman–Crippen MR) is 51.8 cm³/mol. The maximum Gasteiger partial charge on any atom is 0.0290 e. The fraction of sp³-hybridized carbons (Fsp3) is 0.400. The molecule has 12 heavy (non-hydrogen) atoms. The van der Waals surface area contributed by atoms with Crippen LogP contribution in [0.5, 0.6) is 0 Å². The molecule has 0 heterocycles. The highest BCUT2D eigenvalue weighted by molar-refractivity contribution is 5.17. The van der Waals surface area contributed by atoms with E-state index in [-0.39, 0.29) is 5.54 Å². The van der Waals surface area contributed by atoms with Gasteiger partial charge in [-0.15, -0.1) is 0 Å². The van der Waals surface area contributed by atoms with Gasteiger partial charge >= 0.3 is 0 Å². The molecule has 2 heteroatoms. The van der Waals surface area contributed by atoms with Crippen LogP contribution in [0.4, 0.5) is 0 Å². The second-order valence-electron chi connectivity index (χ2n) is 3.52. The second kappa shape index (κ2) is 3.70. The molecule has 0 unspecified atom stereocenters. The number of nitrogens with two attached hydrogens (primary N) is 2. The SMILES string of the molecule is C[C@](N)(CN)Cc1ccccc1. The van der Waals surface area contributed by atoms with Crippen molar-refractivity contribution in [2.75, 3.05) is 6.54 Å². The van der Waals surface area contributed by atoms with Crippen LogP contribution in [0.1, 0.15) is 12.5 Å². The lowest BCUT2D eigenvalue weighted by Gasteiger charge is -2.22. The van der Waals surface area contributed by atoms with Crippen LogP contribution in [0.2, 0.25) is 0 Å². The standard InChI is InChI=1S/C10H16N2/c1-10(12,8-11)7-9-5-3-2-4-6-9/h2-6H,7-8,11-12H2,1H3/t10-/m1/s1. The quantitative estimate of drug-likeness (QED) is 0.697. The van der Waals surface area contributed by atoms with Gasteiger partial charge in [0.2, 0.25) is 0 Å². The van der Waals surface area contributed by atoms with Crippen LogP contribution >= 0.6 is 0 Å². The maximum atomic E-state index is 5.92. The summed E-state index contributed by atoms with van der Waals surface area (Å²) in [6, 6.07) is 10.2. The third-order valence-corrected chi connectivity index (χ3v) is 1.92. The summed E-state index contributed by atoms with van der Waals surface area (Å²) < 4.78 is 0. The molecule has 0 bridgehead atoms. The number of hydrogen-bond acceptors (Lipinski definition) is 2. The number of rotatable bonds is 3. The molecule has 1 aromatic rings. The summed E-state index contributed by atoms with van der Waals surface area (Å²) in [5.41, 5.74) is 12.4. The van der Waals surface area contributed by atoms with Gasteiger partial charge in [-0.2, -0.15) is 0 Å². The third kappa shape index (κ3) is 2.64. The molecule has 2 nitrogen and oxygen atoms in total. The molecular weight excluding hydrogens is 148 g/mol. The van der Waals surface area contributed by atoms with Crippen molar-refractivity contribution in [3.63, 3.8) is 0 Å². The van der Waals surface area contributed by atoms with Gasteiger partial charge in [-0.05, 0) is 18.9 Å². The van der Waals surface area contributed by atoms with E-state index in [1.165, 1.54) is 5.56 Å². The van der Waals surface area contributed by atoms with E-state index >= 15 is 0 Å². The summed E-state index contributed by atoms with van der Waals surface area (Å²) in [7, 11) is 0. The molecule has 0 radical (unpaired) electrons. The first kappa shape index (κ1) is 9.23. The Labute approximate surface area is 73.6 Å². The highest BCUT2D eigenvalue weighted by Crippen LogP contribution is 2.08. The Morgan fingerprint density at radius 3 is 2.33 bits per heavy atom. The molecule has 0 aliphatic carbocycles. The minimum Gasteiger partial charge on any atom is -0.329 e. The molecule has 1 atom stereocenters. The average molecular weight is 164 g/mol. The molecule has 1 rings (SSSR count). The van der Waals surface area contributed by atoms with E-state index in [1.54, 1.807) is 0 Å². The summed E-state index contributed by atoms with van der Waals surface area (Å²) >= 11 is 0. The molecule has 1 aromatic carbocycles. The van der Waals surface area contributed by atoms with Gasteiger partial charge < -0.3 is 11.5 Å². The van der Waals surface area contributed by atoms with Crippen LogP contribution in [0.15, 0.2) is 30.3 Å². The summed E-state index contributed by atoms with van der Waals surface area (Å²) in [5, 5.41) is 0. The first-order chi connectivity index (χ1) is 5.64.